The van der Waals surface area contributed by atoms with E-state index in [1.165, 1.54) is 54.7 Å². The number of hydrogen-bond donors (Lipinski definition) is 1. The van der Waals surface area contributed by atoms with Gasteiger partial charge in [-0.3, -0.25) is 14.6 Å². The Labute approximate surface area is 256 Å². The van der Waals surface area contributed by atoms with Crippen molar-refractivity contribution in [1.82, 2.24) is 9.88 Å². The summed E-state index contributed by atoms with van der Waals surface area (Å²) in [5.41, 5.74) is 2.95. The number of ether oxygens (including phenoxy) is 1. The fraction of sp³-hybridized carbons (Fsp3) is 0.571. The van der Waals surface area contributed by atoms with E-state index in [4.69, 9.17) is 9.73 Å². The molecule has 0 saturated carbocycles. The molecule has 1 N–H and O–H groups in total. The van der Waals surface area contributed by atoms with E-state index in [9.17, 15) is 9.59 Å². The highest BCUT2D eigenvalue weighted by Crippen LogP contribution is 2.33. The molecule has 42 heavy (non-hydrogen) atoms. The number of benzene rings is 1. The van der Waals surface area contributed by atoms with Gasteiger partial charge in [0.15, 0.2) is 0 Å². The minimum Gasteiger partial charge on any atom is -0.494 e. The number of unbranched alkanes of at least 4 members (excludes halogenated alkanes) is 9. The van der Waals surface area contributed by atoms with Gasteiger partial charge in [0.25, 0.3) is 5.56 Å². The number of carbonyl (C=O) groups is 1. The molecule has 0 amide bonds. The molecule has 1 unspecified atom stereocenters. The Morgan fingerprint density at radius 3 is 2.62 bits per heavy atom. The first-order valence-electron chi connectivity index (χ1n) is 16.2. The van der Waals surface area contributed by atoms with Crippen LogP contribution in [0.25, 0.3) is 10.9 Å². The van der Waals surface area contributed by atoms with E-state index >= 15 is 0 Å². The summed E-state index contributed by atoms with van der Waals surface area (Å²) >= 11 is 2.01. The van der Waals surface area contributed by atoms with Gasteiger partial charge in [-0.25, -0.2) is 4.57 Å². The second-order valence-corrected chi connectivity index (χ2v) is 12.6. The molecular weight excluding hydrogens is 542 g/mol. The molecule has 2 heterocycles. The number of nitrogens with one attached hydrogen (secondary N) is 1. The number of nitrogens with zero attached hydrogens (tertiary/aromatic N) is 2. The van der Waals surface area contributed by atoms with E-state index in [1.54, 1.807) is 6.07 Å². The third kappa shape index (κ3) is 9.98. The molecule has 1 aromatic carbocycles. The topological polar surface area (TPSA) is 72.7 Å². The number of allylic oxidation sites excluding steroid dienone is 2. The Hall–Kier alpha value is -2.64. The van der Waals surface area contributed by atoms with E-state index < -0.39 is 0 Å². The zero-order valence-electron chi connectivity index (χ0n) is 25.5. The largest absolute Gasteiger partial charge is 0.494 e. The minimum atomic E-state index is -0.269. The molecule has 6 nitrogen and oxygen atoms in total. The van der Waals surface area contributed by atoms with Crippen molar-refractivity contribution in [3.63, 3.8) is 0 Å². The van der Waals surface area contributed by atoms with Gasteiger partial charge in [-0.2, -0.15) is 0 Å². The van der Waals surface area contributed by atoms with Crippen molar-refractivity contribution in [3.8, 4) is 5.75 Å². The highest BCUT2D eigenvalue weighted by molar-refractivity contribution is 8.00. The molecule has 2 aromatic rings. The van der Waals surface area contributed by atoms with Gasteiger partial charge in [-0.15, -0.1) is 11.8 Å². The van der Waals surface area contributed by atoms with Crippen molar-refractivity contribution in [1.29, 1.82) is 0 Å². The van der Waals surface area contributed by atoms with Crippen LogP contribution in [0.1, 0.15) is 95.2 Å². The minimum absolute atomic E-state index is 0.125. The molecule has 0 bridgehead atoms. The molecule has 4 rings (SSSR count). The summed E-state index contributed by atoms with van der Waals surface area (Å²) in [4.78, 5) is 30.5. The number of pyridine rings is 1. The van der Waals surface area contributed by atoms with Crippen LogP contribution >= 0.6 is 11.8 Å². The Balaban J connectivity index is 1.14. The summed E-state index contributed by atoms with van der Waals surface area (Å²) in [6.07, 6.45) is 21.0. The summed E-state index contributed by atoms with van der Waals surface area (Å²) in [7, 11) is 0. The molecule has 0 spiro atoms. The second-order valence-electron chi connectivity index (χ2n) is 11.4. The lowest BCUT2D eigenvalue weighted by molar-refractivity contribution is 0.0900. The SMILES string of the molecule is CCCCCCCCCCCC(=O)n1c(=O)ccc2ccc(OCCCCNCCN=C3C=CCC4SCC=C34)cc21. The van der Waals surface area contributed by atoms with Crippen LogP contribution in [0.2, 0.25) is 0 Å². The van der Waals surface area contributed by atoms with Crippen LogP contribution in [0.4, 0.5) is 0 Å². The molecule has 0 fully saturated rings. The molecule has 2 aliphatic rings. The van der Waals surface area contributed by atoms with Crippen molar-refractivity contribution >= 4 is 34.3 Å². The van der Waals surface area contributed by atoms with Crippen LogP contribution in [-0.2, 0) is 0 Å². The third-order valence-electron chi connectivity index (χ3n) is 8.07. The van der Waals surface area contributed by atoms with Gasteiger partial charge >= 0.3 is 0 Å². The normalized spacial score (nSPS) is 17.1. The van der Waals surface area contributed by atoms with Crippen molar-refractivity contribution in [2.24, 2.45) is 4.99 Å². The van der Waals surface area contributed by atoms with Crippen molar-refractivity contribution in [2.75, 3.05) is 32.0 Å². The molecule has 7 heteroatoms. The maximum atomic E-state index is 13.0. The fourth-order valence-electron chi connectivity index (χ4n) is 5.66. The first-order chi connectivity index (χ1) is 20.7. The molecular formula is C35H49N3O3S. The Kier molecular flexibility index (Phi) is 13.9. The average Bonchev–Trinajstić information content (AvgIpc) is 3.49. The zero-order valence-corrected chi connectivity index (χ0v) is 26.3. The van der Waals surface area contributed by atoms with Crippen molar-refractivity contribution in [3.05, 3.63) is 64.5 Å². The zero-order chi connectivity index (χ0) is 29.4. The van der Waals surface area contributed by atoms with E-state index in [0.29, 0.717) is 29.5 Å². The van der Waals surface area contributed by atoms with Crippen molar-refractivity contribution in [2.45, 2.75) is 95.6 Å². The lowest BCUT2D eigenvalue weighted by atomic mass is 9.98. The molecule has 1 aliphatic heterocycles. The maximum absolute atomic E-state index is 13.0. The molecule has 1 aliphatic carbocycles. The van der Waals surface area contributed by atoms with Gasteiger partial charge in [-0.05, 0) is 67.5 Å². The predicted octanol–water partition coefficient (Wildman–Crippen LogP) is 7.75. The number of thioether (sulfide) groups is 1. The molecule has 1 aromatic heterocycles. The Bertz CT molecular complexity index is 1300. The number of aliphatic imine (C=N–C) groups is 1. The number of aromatic nitrogens is 1. The van der Waals surface area contributed by atoms with Gasteiger partial charge in [-0.1, -0.05) is 70.4 Å². The second kappa shape index (κ2) is 18.1. The van der Waals surface area contributed by atoms with Crippen LogP contribution in [0.15, 0.2) is 63.9 Å². The van der Waals surface area contributed by atoms with Crippen molar-refractivity contribution < 1.29 is 9.53 Å². The van der Waals surface area contributed by atoms with E-state index in [0.717, 1.165) is 75.0 Å². The van der Waals surface area contributed by atoms with Crippen LogP contribution in [-0.4, -0.2) is 53.4 Å². The predicted molar refractivity (Wildman–Crippen MR) is 179 cm³/mol. The number of carbonyl (C=O) groups excluding carboxylic acids is 1. The fourth-order valence-corrected chi connectivity index (χ4v) is 6.82. The third-order valence-corrected chi connectivity index (χ3v) is 9.28. The maximum Gasteiger partial charge on any atom is 0.257 e. The standard InChI is InChI=1S/C35H49N3O3S/c1-2-3-4-5-6-7-8-9-10-16-34(39)38-32-27-29(19-17-28(32)18-20-35(38)40)41-25-12-11-22-36-23-24-37-31-14-13-15-33-30(31)21-26-42-33/h13-14,17-21,27,33,36H,2-12,15-16,22-26H2,1H3. The average molecular weight is 592 g/mol. The quantitative estimate of drug-likeness (QED) is 0.169. The molecule has 1 atom stereocenters. The lowest BCUT2D eigenvalue weighted by Crippen LogP contribution is -2.26. The monoisotopic (exact) mass is 591 g/mol. The summed E-state index contributed by atoms with van der Waals surface area (Å²) in [6.45, 7) is 5.43. The van der Waals surface area contributed by atoms with Crippen LogP contribution in [0.3, 0.4) is 0 Å². The lowest BCUT2D eigenvalue weighted by Gasteiger charge is -2.17. The van der Waals surface area contributed by atoms with Gasteiger partial charge in [0.2, 0.25) is 5.91 Å². The summed E-state index contributed by atoms with van der Waals surface area (Å²) < 4.78 is 7.34. The highest BCUT2D eigenvalue weighted by Gasteiger charge is 2.24. The summed E-state index contributed by atoms with van der Waals surface area (Å²) in [5.74, 6) is 1.68. The van der Waals surface area contributed by atoms with E-state index in [2.05, 4.69) is 30.5 Å². The Morgan fingerprint density at radius 1 is 1.00 bits per heavy atom. The molecule has 228 valence electrons. The van der Waals surface area contributed by atoms with Crippen LogP contribution < -0.4 is 15.6 Å². The van der Waals surface area contributed by atoms with Gasteiger partial charge in [0, 0.05) is 36.1 Å². The van der Waals surface area contributed by atoms with Gasteiger partial charge in [0.1, 0.15) is 5.75 Å². The van der Waals surface area contributed by atoms with Crippen LogP contribution in [0, 0.1) is 0 Å². The molecule has 0 radical (unpaired) electrons. The first kappa shape index (κ1) is 32.3. The number of hydrogen-bond acceptors (Lipinski definition) is 6. The van der Waals surface area contributed by atoms with Gasteiger partial charge < -0.3 is 10.1 Å². The number of fused-ring (bicyclic) bond motifs is 2. The summed E-state index contributed by atoms with van der Waals surface area (Å²) in [6, 6.07) is 8.96. The van der Waals surface area contributed by atoms with Gasteiger partial charge in [0.05, 0.1) is 24.4 Å². The smallest absolute Gasteiger partial charge is 0.257 e. The first-order valence-corrected chi connectivity index (χ1v) is 17.3. The molecule has 0 saturated heterocycles. The highest BCUT2D eigenvalue weighted by atomic mass is 32.2. The number of rotatable bonds is 19. The summed E-state index contributed by atoms with van der Waals surface area (Å²) in [5, 5.41) is 4.97. The van der Waals surface area contributed by atoms with E-state index in [1.807, 2.05) is 30.0 Å². The Morgan fingerprint density at radius 2 is 1.79 bits per heavy atom. The van der Waals surface area contributed by atoms with Crippen LogP contribution in [0.5, 0.6) is 5.75 Å². The van der Waals surface area contributed by atoms with E-state index in [-0.39, 0.29) is 11.5 Å².